The number of hydrogen-bond donors (Lipinski definition) is 1. The molecule has 3 rings (SSSR count). The minimum absolute atomic E-state index is 0.0437. The molecule has 0 saturated carbocycles. The summed E-state index contributed by atoms with van der Waals surface area (Å²) in [5.74, 6) is 0.627. The molecule has 0 bridgehead atoms. The van der Waals surface area contributed by atoms with Gasteiger partial charge in [0.1, 0.15) is 5.75 Å². The van der Waals surface area contributed by atoms with Gasteiger partial charge in [-0.3, -0.25) is 14.9 Å². The Balaban J connectivity index is 1.42. The lowest BCUT2D eigenvalue weighted by Crippen LogP contribution is -2.20. The van der Waals surface area contributed by atoms with Crippen LogP contribution in [0, 0.1) is 0 Å². The molecule has 0 radical (unpaired) electrons. The molecule has 0 fully saturated rings. The molecule has 1 amide bonds. The lowest BCUT2D eigenvalue weighted by atomic mass is 10.0. The highest BCUT2D eigenvalue weighted by molar-refractivity contribution is 8.01. The van der Waals surface area contributed by atoms with Gasteiger partial charge in [0.25, 0.3) is 5.91 Å². The molecule has 0 aliphatic heterocycles. The minimum atomic E-state index is -0.313. The first-order valence-electron chi connectivity index (χ1n) is 10.2. The van der Waals surface area contributed by atoms with Crippen LogP contribution in [0.4, 0.5) is 5.13 Å². The van der Waals surface area contributed by atoms with Gasteiger partial charge in [-0.15, -0.1) is 10.2 Å². The lowest BCUT2D eigenvalue weighted by molar-refractivity contribution is -0.118. The number of ether oxygens (including phenoxy) is 1. The fourth-order valence-electron chi connectivity index (χ4n) is 2.79. The summed E-state index contributed by atoms with van der Waals surface area (Å²) in [5.41, 5.74) is 1.96. The van der Waals surface area contributed by atoms with Crippen molar-refractivity contribution in [1.82, 2.24) is 10.2 Å². The molecule has 1 N–H and O–H groups in total. The largest absolute Gasteiger partial charge is 0.484 e. The number of nitrogens with zero attached hydrogens (tertiary/aromatic N) is 2. The molecular weight excluding hydrogens is 430 g/mol. The van der Waals surface area contributed by atoms with Gasteiger partial charge in [-0.2, -0.15) is 0 Å². The van der Waals surface area contributed by atoms with Crippen molar-refractivity contribution in [1.29, 1.82) is 0 Å². The van der Waals surface area contributed by atoms with Gasteiger partial charge in [0, 0.05) is 5.56 Å². The number of thioether (sulfide) groups is 1. The number of aryl methyl sites for hydroxylation is 1. The first-order valence-corrected chi connectivity index (χ1v) is 12.0. The van der Waals surface area contributed by atoms with Gasteiger partial charge in [-0.1, -0.05) is 85.3 Å². The predicted molar refractivity (Wildman–Crippen MR) is 125 cm³/mol. The van der Waals surface area contributed by atoms with Crippen LogP contribution in [0.15, 0.2) is 58.9 Å². The zero-order valence-electron chi connectivity index (χ0n) is 17.4. The number of benzene rings is 2. The maximum absolute atomic E-state index is 12.4. The first kappa shape index (κ1) is 23.0. The molecule has 0 spiro atoms. The van der Waals surface area contributed by atoms with Crippen LogP contribution in [-0.4, -0.2) is 34.2 Å². The Hall–Kier alpha value is -2.71. The molecular formula is C23H25N3O3S2. The topological polar surface area (TPSA) is 81.2 Å². The molecule has 0 atom stereocenters. The third-order valence-corrected chi connectivity index (χ3v) is 6.41. The number of unbranched alkanes of at least 4 members (excludes halogenated alkanes) is 2. The summed E-state index contributed by atoms with van der Waals surface area (Å²) in [4.78, 5) is 24.4. The Morgan fingerprint density at radius 1 is 1.03 bits per heavy atom. The van der Waals surface area contributed by atoms with Crippen molar-refractivity contribution in [2.45, 2.75) is 36.9 Å². The summed E-state index contributed by atoms with van der Waals surface area (Å²) < 4.78 is 6.03. The van der Waals surface area contributed by atoms with E-state index in [4.69, 9.17) is 4.74 Å². The summed E-state index contributed by atoms with van der Waals surface area (Å²) in [6.07, 6.45) is 4.65. The normalized spacial score (nSPS) is 10.6. The number of nitrogens with one attached hydrogen (secondary N) is 1. The fourth-order valence-corrected chi connectivity index (χ4v) is 4.45. The van der Waals surface area contributed by atoms with E-state index in [0.29, 0.717) is 20.8 Å². The predicted octanol–water partition coefficient (Wildman–Crippen LogP) is 5.26. The molecule has 0 unspecified atom stereocenters. The van der Waals surface area contributed by atoms with Crippen molar-refractivity contribution in [3.63, 3.8) is 0 Å². The highest BCUT2D eigenvalue weighted by atomic mass is 32.2. The molecule has 0 aliphatic rings. The number of hydrogen-bond acceptors (Lipinski definition) is 7. The van der Waals surface area contributed by atoms with Gasteiger partial charge in [0.05, 0.1) is 5.75 Å². The summed E-state index contributed by atoms with van der Waals surface area (Å²) in [6.45, 7) is 2.08. The highest BCUT2D eigenvalue weighted by Gasteiger charge is 2.12. The minimum Gasteiger partial charge on any atom is -0.484 e. The Morgan fingerprint density at radius 2 is 1.81 bits per heavy atom. The van der Waals surface area contributed by atoms with E-state index < -0.39 is 0 Å². The Kier molecular flexibility index (Phi) is 9.05. The van der Waals surface area contributed by atoms with E-state index in [2.05, 4.69) is 22.4 Å². The first-order chi connectivity index (χ1) is 15.1. The van der Waals surface area contributed by atoms with E-state index in [1.165, 1.54) is 47.9 Å². The van der Waals surface area contributed by atoms with E-state index in [0.717, 1.165) is 6.42 Å². The van der Waals surface area contributed by atoms with Crippen LogP contribution >= 0.6 is 23.1 Å². The van der Waals surface area contributed by atoms with Crippen molar-refractivity contribution < 1.29 is 14.3 Å². The molecule has 0 aliphatic carbocycles. The summed E-state index contributed by atoms with van der Waals surface area (Å²) >= 11 is 2.55. The van der Waals surface area contributed by atoms with E-state index in [9.17, 15) is 9.59 Å². The number of carbonyl (C=O) groups excluding carboxylic acids is 2. The number of ketones is 1. The number of amides is 1. The molecule has 6 nitrogen and oxygen atoms in total. The quantitative estimate of drug-likeness (QED) is 0.174. The maximum Gasteiger partial charge on any atom is 0.264 e. The number of aromatic nitrogens is 2. The van der Waals surface area contributed by atoms with Crippen LogP contribution in [0.1, 0.15) is 42.1 Å². The Bertz CT molecular complexity index is 975. The Labute approximate surface area is 190 Å². The number of para-hydroxylation sites is 1. The third kappa shape index (κ3) is 7.80. The molecule has 8 heteroatoms. The van der Waals surface area contributed by atoms with Crippen LogP contribution in [0.5, 0.6) is 5.75 Å². The van der Waals surface area contributed by atoms with Crippen molar-refractivity contribution in [2.24, 2.45) is 0 Å². The van der Waals surface area contributed by atoms with Gasteiger partial charge < -0.3 is 4.74 Å². The second-order valence-corrected chi connectivity index (χ2v) is 9.09. The molecule has 1 aromatic heterocycles. The number of carbonyl (C=O) groups is 2. The van der Waals surface area contributed by atoms with Gasteiger partial charge in [-0.05, 0) is 30.5 Å². The fraction of sp³-hybridized carbons (Fsp3) is 0.304. The van der Waals surface area contributed by atoms with Gasteiger partial charge in [0.15, 0.2) is 16.7 Å². The number of Topliss-reactive ketones (excluding diaryl/α,β-unsaturated/α-hetero) is 1. The standard InChI is InChI=1S/C23H25N3O3S2/c1-2-3-5-8-17-11-13-18(14-12-17)20(27)16-30-23-26-25-22(31-23)24-21(28)15-29-19-9-6-4-7-10-19/h4,6-7,9-14H,2-3,5,8,15-16H2,1H3,(H,24,25,28). The maximum atomic E-state index is 12.4. The van der Waals surface area contributed by atoms with E-state index >= 15 is 0 Å². The smallest absolute Gasteiger partial charge is 0.264 e. The monoisotopic (exact) mass is 455 g/mol. The highest BCUT2D eigenvalue weighted by Crippen LogP contribution is 2.26. The average Bonchev–Trinajstić information content (AvgIpc) is 3.24. The summed E-state index contributed by atoms with van der Waals surface area (Å²) in [5, 5.41) is 11.0. The number of anilines is 1. The van der Waals surface area contributed by atoms with Crippen LogP contribution < -0.4 is 10.1 Å². The van der Waals surface area contributed by atoms with Crippen LogP contribution in [-0.2, 0) is 11.2 Å². The molecule has 2 aromatic carbocycles. The van der Waals surface area contributed by atoms with Crippen LogP contribution in [0.3, 0.4) is 0 Å². The summed E-state index contributed by atoms with van der Waals surface area (Å²) in [7, 11) is 0. The molecule has 3 aromatic rings. The summed E-state index contributed by atoms with van der Waals surface area (Å²) in [6, 6.07) is 17.0. The van der Waals surface area contributed by atoms with E-state index in [-0.39, 0.29) is 24.1 Å². The zero-order chi connectivity index (χ0) is 21.9. The van der Waals surface area contributed by atoms with Crippen molar-refractivity contribution >= 4 is 39.9 Å². The van der Waals surface area contributed by atoms with Gasteiger partial charge in [-0.25, -0.2) is 0 Å². The number of rotatable bonds is 12. The van der Waals surface area contributed by atoms with Gasteiger partial charge in [0.2, 0.25) is 5.13 Å². The lowest BCUT2D eigenvalue weighted by Gasteiger charge is -2.04. The van der Waals surface area contributed by atoms with Crippen molar-refractivity contribution in [2.75, 3.05) is 17.7 Å². The molecule has 162 valence electrons. The van der Waals surface area contributed by atoms with Crippen molar-refractivity contribution in [3.05, 3.63) is 65.7 Å². The van der Waals surface area contributed by atoms with E-state index in [1.54, 1.807) is 12.1 Å². The SMILES string of the molecule is CCCCCc1ccc(C(=O)CSc2nnc(NC(=O)COc3ccccc3)s2)cc1. The van der Waals surface area contributed by atoms with Crippen molar-refractivity contribution in [3.8, 4) is 5.75 Å². The van der Waals surface area contributed by atoms with Crippen LogP contribution in [0.25, 0.3) is 0 Å². The van der Waals surface area contributed by atoms with Crippen LogP contribution in [0.2, 0.25) is 0 Å². The Morgan fingerprint density at radius 3 is 2.55 bits per heavy atom. The third-order valence-electron chi connectivity index (χ3n) is 4.44. The second-order valence-electron chi connectivity index (χ2n) is 6.89. The molecule has 1 heterocycles. The average molecular weight is 456 g/mol. The zero-order valence-corrected chi connectivity index (χ0v) is 19.0. The second kappa shape index (κ2) is 12.2. The molecule has 31 heavy (non-hydrogen) atoms. The van der Waals surface area contributed by atoms with Gasteiger partial charge >= 0.3 is 0 Å². The molecule has 0 saturated heterocycles. The van der Waals surface area contributed by atoms with E-state index in [1.807, 2.05) is 42.5 Å².